The monoisotopic (exact) mass is 238 g/mol. The van der Waals surface area contributed by atoms with Crippen LogP contribution in [-0.4, -0.2) is 66.9 Å². The highest BCUT2D eigenvalue weighted by Crippen LogP contribution is 2.12. The fraction of sp³-hybridized carbons (Fsp3) is 0.857. The Labute approximate surface area is 87.7 Å². The molecule has 0 aromatic carbocycles. The molecule has 0 aliphatic carbocycles. The number of rotatable bonds is 4. The summed E-state index contributed by atoms with van der Waals surface area (Å²) in [6.45, 7) is 0.647. The number of sulfonamides is 1. The van der Waals surface area contributed by atoms with Gasteiger partial charge in [0.2, 0.25) is 10.0 Å². The molecule has 0 amide bonds. The van der Waals surface area contributed by atoms with Gasteiger partial charge in [-0.15, -0.1) is 0 Å². The van der Waals surface area contributed by atoms with Crippen molar-refractivity contribution in [3.63, 3.8) is 0 Å². The summed E-state index contributed by atoms with van der Waals surface area (Å²) in [4.78, 5) is 10.3. The number of likely N-dealkylation sites (N-methyl/N-ethyl adjacent to an activating group) is 1. The second-order valence-electron chi connectivity index (χ2n) is 3.46. The molecule has 1 aliphatic heterocycles. The van der Waals surface area contributed by atoms with Crippen LogP contribution in [0.15, 0.2) is 0 Å². The number of hydrogen-bond donors (Lipinski definition) is 3. The average molecular weight is 238 g/mol. The van der Waals surface area contributed by atoms with E-state index in [1.165, 1.54) is 7.05 Å². The minimum Gasteiger partial charge on any atom is -0.480 e. The molecule has 3 N–H and O–H groups in total. The van der Waals surface area contributed by atoms with Crippen LogP contribution >= 0.6 is 0 Å². The first-order chi connectivity index (χ1) is 6.84. The van der Waals surface area contributed by atoms with Crippen molar-refractivity contribution in [2.45, 2.75) is 12.1 Å². The smallest absolute Gasteiger partial charge is 0.320 e. The van der Waals surface area contributed by atoms with Gasteiger partial charge in [0.25, 0.3) is 0 Å². The van der Waals surface area contributed by atoms with E-state index < -0.39 is 33.9 Å². The van der Waals surface area contributed by atoms with Gasteiger partial charge in [0, 0.05) is 20.1 Å². The number of hydrogen-bond acceptors (Lipinski definition) is 5. The highest BCUT2D eigenvalue weighted by molar-refractivity contribution is 7.89. The van der Waals surface area contributed by atoms with Crippen LogP contribution in [-0.2, 0) is 14.8 Å². The topological polar surface area (TPSA) is 107 Å². The summed E-state index contributed by atoms with van der Waals surface area (Å²) >= 11 is 0. The number of carboxylic acids is 1. The summed E-state index contributed by atoms with van der Waals surface area (Å²) < 4.78 is 23.9. The predicted octanol–water partition coefficient (Wildman–Crippen LogP) is -2.33. The lowest BCUT2D eigenvalue weighted by Crippen LogP contribution is -2.46. The third kappa shape index (κ3) is 2.88. The first-order valence-corrected chi connectivity index (χ1v) is 6.02. The largest absolute Gasteiger partial charge is 0.480 e. The molecular weight excluding hydrogens is 224 g/mol. The summed E-state index contributed by atoms with van der Waals surface area (Å²) in [6, 6.07) is -0.589. The van der Waals surface area contributed by atoms with Gasteiger partial charge in [-0.25, -0.2) is 8.42 Å². The molecule has 0 bridgehead atoms. The molecule has 1 saturated heterocycles. The number of β-amino-alcohol motifs (C(OH)–C–C–N with tert-alkyl or cyclic N) is 1. The Morgan fingerprint density at radius 2 is 2.13 bits per heavy atom. The minimum atomic E-state index is -3.84. The molecule has 0 radical (unpaired) electrons. The number of carbonyl (C=O) groups is 1. The minimum absolute atomic E-state index is 0.317. The first-order valence-electron chi connectivity index (χ1n) is 4.41. The van der Waals surface area contributed by atoms with E-state index in [0.717, 1.165) is 4.31 Å². The van der Waals surface area contributed by atoms with Crippen LogP contribution in [0.5, 0.6) is 0 Å². The fourth-order valence-electron chi connectivity index (χ4n) is 1.49. The Bertz CT molecular complexity index is 341. The summed E-state index contributed by atoms with van der Waals surface area (Å²) in [6.07, 6.45) is -0.793. The van der Waals surface area contributed by atoms with Gasteiger partial charge in [0.1, 0.15) is 0 Å². The SMILES string of the molecule is CN([C@H]1CNC[C@@H]1O)S(=O)(=O)CC(=O)O. The van der Waals surface area contributed by atoms with E-state index in [4.69, 9.17) is 5.11 Å². The van der Waals surface area contributed by atoms with Crippen molar-refractivity contribution in [1.29, 1.82) is 0 Å². The molecule has 0 saturated carbocycles. The molecule has 1 heterocycles. The van der Waals surface area contributed by atoms with Gasteiger partial charge in [0.15, 0.2) is 5.75 Å². The molecule has 1 rings (SSSR count). The van der Waals surface area contributed by atoms with Gasteiger partial charge in [0.05, 0.1) is 12.1 Å². The third-order valence-corrected chi connectivity index (χ3v) is 4.12. The van der Waals surface area contributed by atoms with Gasteiger partial charge in [-0.3, -0.25) is 4.79 Å². The van der Waals surface area contributed by atoms with E-state index in [-0.39, 0.29) is 0 Å². The van der Waals surface area contributed by atoms with Gasteiger partial charge in [-0.05, 0) is 0 Å². The van der Waals surface area contributed by atoms with Gasteiger partial charge >= 0.3 is 5.97 Å². The van der Waals surface area contributed by atoms with Crippen LogP contribution in [0.4, 0.5) is 0 Å². The van der Waals surface area contributed by atoms with E-state index >= 15 is 0 Å². The Morgan fingerprint density at radius 3 is 2.53 bits per heavy atom. The van der Waals surface area contributed by atoms with E-state index in [0.29, 0.717) is 13.1 Å². The van der Waals surface area contributed by atoms with Crippen LogP contribution < -0.4 is 5.32 Å². The molecule has 7 nitrogen and oxygen atoms in total. The average Bonchev–Trinajstić information content (AvgIpc) is 2.47. The fourth-order valence-corrected chi connectivity index (χ4v) is 2.63. The highest BCUT2D eigenvalue weighted by Gasteiger charge is 2.35. The van der Waals surface area contributed by atoms with E-state index in [1.807, 2.05) is 0 Å². The number of aliphatic hydroxyl groups is 1. The molecule has 1 fully saturated rings. The van der Waals surface area contributed by atoms with Crippen LogP contribution in [0.3, 0.4) is 0 Å². The van der Waals surface area contributed by atoms with Gasteiger partial charge < -0.3 is 15.5 Å². The van der Waals surface area contributed by atoms with E-state index in [2.05, 4.69) is 5.32 Å². The number of aliphatic carboxylic acids is 1. The molecule has 0 unspecified atom stereocenters. The second-order valence-corrected chi connectivity index (χ2v) is 5.49. The Kier molecular flexibility index (Phi) is 3.66. The summed E-state index contributed by atoms with van der Waals surface area (Å²) in [5.74, 6) is -2.35. The lowest BCUT2D eigenvalue weighted by molar-refractivity contribution is -0.134. The normalized spacial score (nSPS) is 27.1. The zero-order valence-corrected chi connectivity index (χ0v) is 9.07. The Hall–Kier alpha value is -0.700. The van der Waals surface area contributed by atoms with Crippen molar-refractivity contribution < 1.29 is 23.4 Å². The number of nitrogens with one attached hydrogen (secondary N) is 1. The Morgan fingerprint density at radius 1 is 1.53 bits per heavy atom. The highest BCUT2D eigenvalue weighted by atomic mass is 32.2. The van der Waals surface area contributed by atoms with Crippen LogP contribution in [0.25, 0.3) is 0 Å². The molecule has 0 aromatic rings. The maximum atomic E-state index is 11.5. The van der Waals surface area contributed by atoms with E-state index in [1.54, 1.807) is 0 Å². The summed E-state index contributed by atoms with van der Waals surface area (Å²) in [7, 11) is -2.57. The van der Waals surface area contributed by atoms with E-state index in [9.17, 15) is 18.3 Å². The third-order valence-electron chi connectivity index (χ3n) is 2.36. The van der Waals surface area contributed by atoms with Crippen molar-refractivity contribution in [2.24, 2.45) is 0 Å². The zero-order valence-electron chi connectivity index (χ0n) is 8.25. The zero-order chi connectivity index (χ0) is 11.6. The number of aliphatic hydroxyl groups excluding tert-OH is 1. The van der Waals surface area contributed by atoms with Gasteiger partial charge in [-0.2, -0.15) is 4.31 Å². The molecule has 15 heavy (non-hydrogen) atoms. The van der Waals surface area contributed by atoms with Crippen LogP contribution in [0.2, 0.25) is 0 Å². The number of nitrogens with zero attached hydrogens (tertiary/aromatic N) is 1. The van der Waals surface area contributed by atoms with Crippen LogP contribution in [0.1, 0.15) is 0 Å². The molecule has 2 atom stereocenters. The van der Waals surface area contributed by atoms with Crippen molar-refractivity contribution in [3.8, 4) is 0 Å². The second kappa shape index (κ2) is 4.44. The molecule has 1 aliphatic rings. The molecule has 0 aromatic heterocycles. The lowest BCUT2D eigenvalue weighted by Gasteiger charge is -2.24. The van der Waals surface area contributed by atoms with Crippen molar-refractivity contribution in [2.75, 3.05) is 25.9 Å². The van der Waals surface area contributed by atoms with Gasteiger partial charge in [-0.1, -0.05) is 0 Å². The maximum Gasteiger partial charge on any atom is 0.320 e. The van der Waals surface area contributed by atoms with Crippen molar-refractivity contribution >= 4 is 16.0 Å². The van der Waals surface area contributed by atoms with Crippen molar-refractivity contribution in [1.82, 2.24) is 9.62 Å². The molecular formula is C7H14N2O5S. The van der Waals surface area contributed by atoms with Crippen LogP contribution in [0, 0.1) is 0 Å². The molecule has 88 valence electrons. The summed E-state index contributed by atoms with van der Waals surface area (Å²) in [5, 5.41) is 20.7. The van der Waals surface area contributed by atoms with Crippen molar-refractivity contribution in [3.05, 3.63) is 0 Å². The number of carboxylic acid groups (broad SMARTS) is 1. The molecule has 8 heteroatoms. The Balaban J connectivity index is 2.74. The predicted molar refractivity (Wildman–Crippen MR) is 51.9 cm³/mol. The standard InChI is InChI=1S/C7H14N2O5S/c1-9(5-2-8-3-6(5)10)15(13,14)4-7(11)12/h5-6,8,10H,2-4H2,1H3,(H,11,12)/t5-,6-/m0/s1. The maximum absolute atomic E-state index is 11.5. The molecule has 0 spiro atoms. The quantitative estimate of drug-likeness (QED) is 0.507. The summed E-state index contributed by atoms with van der Waals surface area (Å²) in [5.41, 5.74) is 0. The lowest BCUT2D eigenvalue weighted by atomic mass is 10.2. The first kappa shape index (κ1) is 12.4.